The highest BCUT2D eigenvalue weighted by Gasteiger charge is 2.18. The summed E-state index contributed by atoms with van der Waals surface area (Å²) in [4.78, 5) is 16.4. The van der Waals surface area contributed by atoms with Gasteiger partial charge in [0.25, 0.3) is 5.56 Å². The average Bonchev–Trinajstić information content (AvgIpc) is 2.67. The summed E-state index contributed by atoms with van der Waals surface area (Å²) in [5.41, 5.74) is 8.29. The topological polar surface area (TPSA) is 46.9 Å². The molecule has 1 aliphatic rings. The van der Waals surface area contributed by atoms with Crippen LogP contribution in [0.3, 0.4) is 0 Å². The molecule has 4 nitrogen and oxygen atoms in total. The first kappa shape index (κ1) is 16.6. The monoisotopic (exact) mass is 345 g/mol. The Bertz CT molecular complexity index is 980. The molecule has 4 heteroatoms. The Hall–Kier alpha value is -2.88. The van der Waals surface area contributed by atoms with Gasteiger partial charge in [-0.2, -0.15) is 0 Å². The van der Waals surface area contributed by atoms with E-state index in [1.807, 2.05) is 44.7 Å². The SMILES string of the molecule is Cc1cc(-c2ccc3c(c2Cc2cccnc2)CCCN3)cn(C)c1=O. The first-order valence-electron chi connectivity index (χ1n) is 9.08. The van der Waals surface area contributed by atoms with Crippen molar-refractivity contribution in [2.24, 2.45) is 7.05 Å². The minimum absolute atomic E-state index is 0.0576. The van der Waals surface area contributed by atoms with Gasteiger partial charge in [-0.25, -0.2) is 0 Å². The normalized spacial score (nSPS) is 13.2. The number of benzene rings is 1. The lowest BCUT2D eigenvalue weighted by Crippen LogP contribution is -2.19. The van der Waals surface area contributed by atoms with Gasteiger partial charge in [-0.1, -0.05) is 12.1 Å². The zero-order valence-corrected chi connectivity index (χ0v) is 15.2. The molecule has 132 valence electrons. The fraction of sp³-hybridized carbons (Fsp3) is 0.273. The number of pyridine rings is 2. The maximum Gasteiger partial charge on any atom is 0.253 e. The van der Waals surface area contributed by atoms with Crippen molar-refractivity contribution in [3.05, 3.63) is 81.5 Å². The van der Waals surface area contributed by atoms with Crippen LogP contribution in [0.15, 0.2) is 53.7 Å². The molecule has 0 unspecified atom stereocenters. The summed E-state index contributed by atoms with van der Waals surface area (Å²) < 4.78 is 1.68. The highest BCUT2D eigenvalue weighted by molar-refractivity contribution is 5.74. The Morgan fingerprint density at radius 1 is 1.27 bits per heavy atom. The number of nitrogens with zero attached hydrogens (tertiary/aromatic N) is 2. The van der Waals surface area contributed by atoms with Gasteiger partial charge in [0.05, 0.1) is 0 Å². The third kappa shape index (κ3) is 3.03. The van der Waals surface area contributed by atoms with E-state index in [1.165, 1.54) is 27.9 Å². The summed E-state index contributed by atoms with van der Waals surface area (Å²) >= 11 is 0. The summed E-state index contributed by atoms with van der Waals surface area (Å²) in [5, 5.41) is 3.53. The zero-order valence-electron chi connectivity index (χ0n) is 15.2. The predicted molar refractivity (Wildman–Crippen MR) is 106 cm³/mol. The number of fused-ring (bicyclic) bond motifs is 1. The summed E-state index contributed by atoms with van der Waals surface area (Å²) in [6.07, 6.45) is 8.75. The van der Waals surface area contributed by atoms with Crippen LogP contribution < -0.4 is 10.9 Å². The Balaban J connectivity index is 1.90. The third-order valence-corrected chi connectivity index (χ3v) is 5.13. The van der Waals surface area contributed by atoms with E-state index < -0.39 is 0 Å². The van der Waals surface area contributed by atoms with E-state index in [-0.39, 0.29) is 5.56 Å². The molecule has 4 rings (SSSR count). The quantitative estimate of drug-likeness (QED) is 0.787. The van der Waals surface area contributed by atoms with Gasteiger partial charge < -0.3 is 9.88 Å². The van der Waals surface area contributed by atoms with Crippen molar-refractivity contribution in [3.8, 4) is 11.1 Å². The van der Waals surface area contributed by atoms with Crippen LogP contribution in [0.4, 0.5) is 5.69 Å². The van der Waals surface area contributed by atoms with Crippen LogP contribution in [0.1, 0.15) is 28.7 Å². The largest absolute Gasteiger partial charge is 0.385 e. The molecular formula is C22H23N3O. The lowest BCUT2D eigenvalue weighted by atomic mass is 9.87. The maximum absolute atomic E-state index is 12.1. The summed E-state index contributed by atoms with van der Waals surface area (Å²) in [7, 11) is 1.82. The molecule has 0 saturated carbocycles. The molecule has 0 radical (unpaired) electrons. The molecular weight excluding hydrogens is 322 g/mol. The number of nitrogens with one attached hydrogen (secondary N) is 1. The van der Waals surface area contributed by atoms with Crippen molar-refractivity contribution in [1.82, 2.24) is 9.55 Å². The van der Waals surface area contributed by atoms with E-state index in [0.717, 1.165) is 36.9 Å². The lowest BCUT2D eigenvalue weighted by molar-refractivity contribution is 0.818. The van der Waals surface area contributed by atoms with E-state index in [1.54, 1.807) is 4.57 Å². The number of aromatic nitrogens is 2. The second-order valence-electron chi connectivity index (χ2n) is 7.01. The van der Waals surface area contributed by atoms with Gasteiger partial charge in [0.15, 0.2) is 0 Å². The van der Waals surface area contributed by atoms with Gasteiger partial charge in [-0.15, -0.1) is 0 Å². The summed E-state index contributed by atoms with van der Waals surface area (Å²) in [6.45, 7) is 2.91. The van der Waals surface area contributed by atoms with Gasteiger partial charge in [-0.3, -0.25) is 9.78 Å². The third-order valence-electron chi connectivity index (χ3n) is 5.13. The van der Waals surface area contributed by atoms with Crippen LogP contribution in [0.2, 0.25) is 0 Å². The van der Waals surface area contributed by atoms with Gasteiger partial charge in [0, 0.05) is 43.4 Å². The number of hydrogen-bond acceptors (Lipinski definition) is 3. The average molecular weight is 345 g/mol. The van der Waals surface area contributed by atoms with Crippen LogP contribution in [0.25, 0.3) is 11.1 Å². The van der Waals surface area contributed by atoms with Crippen molar-refractivity contribution < 1.29 is 0 Å². The van der Waals surface area contributed by atoms with Crippen molar-refractivity contribution in [3.63, 3.8) is 0 Å². The highest BCUT2D eigenvalue weighted by atomic mass is 16.1. The molecule has 1 aliphatic heterocycles. The van der Waals surface area contributed by atoms with E-state index in [2.05, 4.69) is 28.5 Å². The molecule has 26 heavy (non-hydrogen) atoms. The molecule has 1 N–H and O–H groups in total. The number of rotatable bonds is 3. The van der Waals surface area contributed by atoms with Crippen molar-refractivity contribution in [2.75, 3.05) is 11.9 Å². The fourth-order valence-electron chi connectivity index (χ4n) is 3.84. The predicted octanol–water partition coefficient (Wildman–Crippen LogP) is 3.70. The number of aryl methyl sites for hydroxylation is 2. The van der Waals surface area contributed by atoms with Crippen LogP contribution in [0.5, 0.6) is 0 Å². The van der Waals surface area contributed by atoms with Gasteiger partial charge in [0.1, 0.15) is 0 Å². The number of anilines is 1. The Morgan fingerprint density at radius 2 is 2.15 bits per heavy atom. The van der Waals surface area contributed by atoms with E-state index >= 15 is 0 Å². The van der Waals surface area contributed by atoms with Crippen LogP contribution in [-0.2, 0) is 19.9 Å². The van der Waals surface area contributed by atoms with Crippen molar-refractivity contribution in [1.29, 1.82) is 0 Å². The molecule has 0 saturated heterocycles. The molecule has 3 heterocycles. The fourth-order valence-corrected chi connectivity index (χ4v) is 3.84. The minimum Gasteiger partial charge on any atom is -0.385 e. The summed E-state index contributed by atoms with van der Waals surface area (Å²) in [5.74, 6) is 0. The molecule has 0 aliphatic carbocycles. The van der Waals surface area contributed by atoms with Crippen LogP contribution >= 0.6 is 0 Å². The molecule has 0 atom stereocenters. The second kappa shape index (κ2) is 6.79. The minimum atomic E-state index is 0.0576. The maximum atomic E-state index is 12.1. The van der Waals surface area contributed by atoms with E-state index in [4.69, 9.17) is 0 Å². The molecule has 3 aromatic rings. The highest BCUT2D eigenvalue weighted by Crippen LogP contribution is 2.35. The van der Waals surface area contributed by atoms with Gasteiger partial charge in [0.2, 0.25) is 0 Å². The van der Waals surface area contributed by atoms with Gasteiger partial charge >= 0.3 is 0 Å². The Labute approximate surface area is 153 Å². The number of hydrogen-bond donors (Lipinski definition) is 1. The van der Waals surface area contributed by atoms with E-state index in [9.17, 15) is 4.79 Å². The molecule has 0 fully saturated rings. The first-order valence-corrected chi connectivity index (χ1v) is 9.08. The molecule has 1 aromatic carbocycles. The molecule has 0 spiro atoms. The van der Waals surface area contributed by atoms with Crippen LogP contribution in [-0.4, -0.2) is 16.1 Å². The van der Waals surface area contributed by atoms with Crippen molar-refractivity contribution >= 4 is 5.69 Å². The Kier molecular flexibility index (Phi) is 4.33. The smallest absolute Gasteiger partial charge is 0.253 e. The first-order chi connectivity index (χ1) is 12.6. The molecule has 0 bridgehead atoms. The van der Waals surface area contributed by atoms with E-state index in [0.29, 0.717) is 0 Å². The second-order valence-corrected chi connectivity index (χ2v) is 7.01. The Morgan fingerprint density at radius 3 is 2.92 bits per heavy atom. The molecule has 2 aromatic heterocycles. The van der Waals surface area contributed by atoms with Crippen LogP contribution in [0, 0.1) is 6.92 Å². The summed E-state index contributed by atoms with van der Waals surface area (Å²) in [6, 6.07) is 10.5. The standard InChI is InChI=1S/C22H23N3O/c1-15-11-17(14-25(2)22(15)26)18-7-8-21-19(6-4-10-24-21)20(18)12-16-5-3-9-23-13-16/h3,5,7-9,11,13-14,24H,4,6,10,12H2,1-2H3. The van der Waals surface area contributed by atoms with Gasteiger partial charge in [-0.05, 0) is 72.2 Å². The lowest BCUT2D eigenvalue weighted by Gasteiger charge is -2.24. The molecule has 0 amide bonds. The van der Waals surface area contributed by atoms with Crippen molar-refractivity contribution in [2.45, 2.75) is 26.2 Å². The zero-order chi connectivity index (χ0) is 18.1.